The van der Waals surface area contributed by atoms with Gasteiger partial charge in [-0.25, -0.2) is 19.5 Å². The number of fused-ring (bicyclic) bond motifs is 1. The molecule has 3 heterocycles. The van der Waals surface area contributed by atoms with Gasteiger partial charge in [-0.15, -0.1) is 0 Å². The van der Waals surface area contributed by atoms with E-state index in [-0.39, 0.29) is 10.8 Å². The maximum atomic E-state index is 13.7. The third kappa shape index (κ3) is 3.44. The summed E-state index contributed by atoms with van der Waals surface area (Å²) in [6.07, 6.45) is 5.70. The van der Waals surface area contributed by atoms with Crippen molar-refractivity contribution in [2.24, 2.45) is 0 Å². The molecule has 7 nitrogen and oxygen atoms in total. The highest BCUT2D eigenvalue weighted by Crippen LogP contribution is 2.45. The zero-order chi connectivity index (χ0) is 20.0. The van der Waals surface area contributed by atoms with Gasteiger partial charge in [0.2, 0.25) is 5.88 Å². The summed E-state index contributed by atoms with van der Waals surface area (Å²) in [6, 6.07) is 4.61. The molecule has 1 saturated carbocycles. The Balaban J connectivity index is 1.45. The Hall–Kier alpha value is -3.00. The summed E-state index contributed by atoms with van der Waals surface area (Å²) < 4.78 is 19.8. The first-order valence-electron chi connectivity index (χ1n) is 9.38. The molecule has 29 heavy (non-hydrogen) atoms. The normalized spacial score (nSPS) is 15.9. The molecular formula is C20H17ClFN5O2. The third-order valence-corrected chi connectivity index (χ3v) is 5.65. The van der Waals surface area contributed by atoms with Crippen LogP contribution in [0.1, 0.15) is 35.6 Å². The number of hydrogen-bond acceptors (Lipinski definition) is 6. The molecule has 0 unspecified atom stereocenters. The van der Waals surface area contributed by atoms with Crippen molar-refractivity contribution in [2.75, 3.05) is 11.4 Å². The lowest BCUT2D eigenvalue weighted by Gasteiger charge is -2.30. The number of anilines is 1. The van der Waals surface area contributed by atoms with Gasteiger partial charge in [-0.2, -0.15) is 5.10 Å². The fourth-order valence-corrected chi connectivity index (χ4v) is 3.85. The molecule has 5 rings (SSSR count). The number of aromatic amines is 1. The molecule has 3 aromatic rings. The number of ether oxygens (including phenoxy) is 1. The predicted octanol–water partition coefficient (Wildman–Crippen LogP) is 3.58. The average Bonchev–Trinajstić information content (AvgIpc) is 3.56. The van der Waals surface area contributed by atoms with Crippen LogP contribution in [0.15, 0.2) is 35.5 Å². The molecule has 1 fully saturated rings. The van der Waals surface area contributed by atoms with Crippen LogP contribution >= 0.6 is 11.6 Å². The van der Waals surface area contributed by atoms with E-state index in [9.17, 15) is 9.18 Å². The highest BCUT2D eigenvalue weighted by molar-refractivity contribution is 6.33. The van der Waals surface area contributed by atoms with Gasteiger partial charge in [-0.05, 0) is 43.4 Å². The highest BCUT2D eigenvalue weighted by atomic mass is 35.5. The van der Waals surface area contributed by atoms with E-state index in [2.05, 4.69) is 20.2 Å². The van der Waals surface area contributed by atoms with E-state index in [1.165, 1.54) is 18.6 Å². The Kier molecular flexibility index (Phi) is 4.43. The van der Waals surface area contributed by atoms with Gasteiger partial charge in [0.1, 0.15) is 22.9 Å². The minimum absolute atomic E-state index is 0.106. The van der Waals surface area contributed by atoms with Crippen molar-refractivity contribution in [1.82, 2.24) is 20.2 Å². The van der Waals surface area contributed by atoms with Crippen molar-refractivity contribution in [1.29, 1.82) is 0 Å². The maximum Gasteiger partial charge on any atom is 0.285 e. The average molecular weight is 414 g/mol. The van der Waals surface area contributed by atoms with Gasteiger partial charge in [0.05, 0.1) is 24.1 Å². The van der Waals surface area contributed by atoms with E-state index in [0.717, 1.165) is 29.7 Å². The first-order valence-corrected chi connectivity index (χ1v) is 9.76. The Morgan fingerprint density at radius 1 is 1.28 bits per heavy atom. The van der Waals surface area contributed by atoms with E-state index < -0.39 is 5.56 Å². The van der Waals surface area contributed by atoms with Crippen LogP contribution in [0.25, 0.3) is 0 Å². The quantitative estimate of drug-likeness (QED) is 0.703. The number of nitrogens with zero attached hydrogens (tertiary/aromatic N) is 4. The molecule has 2 aromatic heterocycles. The lowest BCUT2D eigenvalue weighted by molar-refractivity contribution is 0.442. The van der Waals surface area contributed by atoms with E-state index in [4.69, 9.17) is 16.3 Å². The molecule has 0 radical (unpaired) electrons. The van der Waals surface area contributed by atoms with Gasteiger partial charge in [0.25, 0.3) is 5.56 Å². The summed E-state index contributed by atoms with van der Waals surface area (Å²) in [5, 5.41) is 6.26. The van der Waals surface area contributed by atoms with Crippen LogP contribution in [0.4, 0.5) is 10.1 Å². The Bertz CT molecular complexity index is 1150. The van der Waals surface area contributed by atoms with E-state index >= 15 is 0 Å². The molecule has 0 atom stereocenters. The van der Waals surface area contributed by atoms with Crippen LogP contribution in [-0.4, -0.2) is 26.7 Å². The number of benzene rings is 1. The molecular weight excluding hydrogens is 397 g/mol. The molecule has 2 aliphatic rings. The van der Waals surface area contributed by atoms with Gasteiger partial charge in [-0.1, -0.05) is 11.6 Å². The topological polar surface area (TPSA) is 84.0 Å². The summed E-state index contributed by atoms with van der Waals surface area (Å²) in [5.41, 5.74) is 2.73. The monoisotopic (exact) mass is 413 g/mol. The number of aromatic nitrogens is 4. The molecule has 0 amide bonds. The minimum Gasteiger partial charge on any atom is -0.438 e. The number of hydrogen-bond donors (Lipinski definition) is 1. The number of nitrogens with one attached hydrogen (secondary N) is 1. The zero-order valence-electron chi connectivity index (χ0n) is 15.4. The van der Waals surface area contributed by atoms with E-state index in [1.54, 1.807) is 12.1 Å². The first-order chi connectivity index (χ1) is 14.1. The van der Waals surface area contributed by atoms with Crippen molar-refractivity contribution in [3.63, 3.8) is 0 Å². The van der Waals surface area contributed by atoms with Crippen LogP contribution in [0.3, 0.4) is 0 Å². The molecule has 0 spiro atoms. The van der Waals surface area contributed by atoms with Gasteiger partial charge in [-0.3, -0.25) is 4.79 Å². The number of H-pyrrole nitrogens is 1. The van der Waals surface area contributed by atoms with Gasteiger partial charge in [0.15, 0.2) is 0 Å². The van der Waals surface area contributed by atoms with Gasteiger partial charge in [0, 0.05) is 17.7 Å². The van der Waals surface area contributed by atoms with Crippen LogP contribution in [0.5, 0.6) is 11.6 Å². The summed E-state index contributed by atoms with van der Waals surface area (Å²) in [4.78, 5) is 22.4. The van der Waals surface area contributed by atoms with E-state index in [1.807, 2.05) is 4.90 Å². The standard InChI is InChI=1S/C20H17ClFN5O2/c21-18-16(8-25-26-19(18)28)27-6-5-13-15(9-27)23-10-24-20(13)29-17-4-3-12(22)7-14(17)11-1-2-11/h3-4,7-8,10-11H,1-2,5-6,9H2,(H,26,28). The second-order valence-corrected chi connectivity index (χ2v) is 7.61. The predicted molar refractivity (Wildman–Crippen MR) is 105 cm³/mol. The smallest absolute Gasteiger partial charge is 0.285 e. The second-order valence-electron chi connectivity index (χ2n) is 7.23. The first kappa shape index (κ1) is 18.1. The molecule has 1 N–H and O–H groups in total. The molecule has 0 bridgehead atoms. The van der Waals surface area contributed by atoms with Crippen molar-refractivity contribution in [3.8, 4) is 11.6 Å². The fraction of sp³-hybridized carbons (Fsp3) is 0.300. The van der Waals surface area contributed by atoms with Crippen LogP contribution in [0.2, 0.25) is 5.02 Å². The second kappa shape index (κ2) is 7.11. The van der Waals surface area contributed by atoms with Gasteiger partial charge < -0.3 is 9.64 Å². The van der Waals surface area contributed by atoms with Crippen molar-refractivity contribution in [2.45, 2.75) is 31.7 Å². The lowest BCUT2D eigenvalue weighted by atomic mass is 10.1. The van der Waals surface area contributed by atoms with Gasteiger partial charge >= 0.3 is 0 Å². The molecule has 1 aromatic carbocycles. The Morgan fingerprint density at radius 3 is 2.97 bits per heavy atom. The molecule has 0 saturated heterocycles. The number of halogens is 2. The Labute approximate surface area is 170 Å². The molecule has 1 aliphatic carbocycles. The third-order valence-electron chi connectivity index (χ3n) is 5.28. The molecule has 1 aliphatic heterocycles. The fourth-order valence-electron chi connectivity index (χ4n) is 3.64. The summed E-state index contributed by atoms with van der Waals surface area (Å²) >= 11 is 6.14. The van der Waals surface area contributed by atoms with Crippen LogP contribution in [-0.2, 0) is 13.0 Å². The largest absolute Gasteiger partial charge is 0.438 e. The van der Waals surface area contributed by atoms with Crippen LogP contribution < -0.4 is 15.2 Å². The van der Waals surface area contributed by atoms with E-state index in [0.29, 0.717) is 42.7 Å². The van der Waals surface area contributed by atoms with Crippen molar-refractivity contribution in [3.05, 3.63) is 68.7 Å². The van der Waals surface area contributed by atoms with Crippen molar-refractivity contribution < 1.29 is 9.13 Å². The highest BCUT2D eigenvalue weighted by Gasteiger charge is 2.29. The zero-order valence-corrected chi connectivity index (χ0v) is 16.1. The summed E-state index contributed by atoms with van der Waals surface area (Å²) in [7, 11) is 0. The SMILES string of the molecule is O=c1[nH]ncc(N2CCc3c(ncnc3Oc3ccc(F)cc3C3CC3)C2)c1Cl. The summed E-state index contributed by atoms with van der Waals surface area (Å²) in [6.45, 7) is 1.07. The summed E-state index contributed by atoms with van der Waals surface area (Å²) in [5.74, 6) is 1.21. The minimum atomic E-state index is -0.425. The van der Waals surface area contributed by atoms with Crippen molar-refractivity contribution >= 4 is 17.3 Å². The lowest BCUT2D eigenvalue weighted by Crippen LogP contribution is -2.33. The van der Waals surface area contributed by atoms with Crippen LogP contribution in [0, 0.1) is 5.82 Å². The molecule has 148 valence electrons. The molecule has 9 heteroatoms. The Morgan fingerprint density at radius 2 is 2.14 bits per heavy atom. The maximum absolute atomic E-state index is 13.7. The number of rotatable bonds is 4.